The van der Waals surface area contributed by atoms with Crippen molar-refractivity contribution in [1.82, 2.24) is 14.3 Å². The Morgan fingerprint density at radius 2 is 1.78 bits per heavy atom. The van der Waals surface area contributed by atoms with Crippen LogP contribution in [0.4, 0.5) is 0 Å². The first-order chi connectivity index (χ1) is 10.8. The molecule has 1 unspecified atom stereocenters. The van der Waals surface area contributed by atoms with E-state index in [1.165, 1.54) is 35.6 Å². The van der Waals surface area contributed by atoms with Gasteiger partial charge < -0.3 is 5.32 Å². The zero-order valence-electron chi connectivity index (χ0n) is 13.3. The molecule has 23 heavy (non-hydrogen) atoms. The van der Waals surface area contributed by atoms with Gasteiger partial charge in [0, 0.05) is 25.7 Å². The maximum atomic E-state index is 12.8. The monoisotopic (exact) mass is 361 g/mol. The molecule has 0 bridgehead atoms. The highest BCUT2D eigenvalue weighted by Crippen LogP contribution is 2.22. The Balaban J connectivity index is 2.32. The molecule has 1 aliphatic heterocycles. The summed E-state index contributed by atoms with van der Waals surface area (Å²) < 4.78 is 52.8. The molecule has 2 N–H and O–H groups in total. The highest BCUT2D eigenvalue weighted by atomic mass is 32.2. The molecule has 1 saturated heterocycles. The molecule has 1 heterocycles. The summed E-state index contributed by atoms with van der Waals surface area (Å²) in [6.45, 7) is 3.70. The number of hydrogen-bond donors (Lipinski definition) is 2. The van der Waals surface area contributed by atoms with Crippen LogP contribution in [0.2, 0.25) is 0 Å². The molecule has 0 spiro atoms. The van der Waals surface area contributed by atoms with Gasteiger partial charge in [0.05, 0.1) is 9.79 Å². The van der Waals surface area contributed by atoms with Crippen molar-refractivity contribution < 1.29 is 16.8 Å². The fourth-order valence-electron chi connectivity index (χ4n) is 2.68. The van der Waals surface area contributed by atoms with Gasteiger partial charge in [0.15, 0.2) is 0 Å². The first-order valence-corrected chi connectivity index (χ1v) is 10.5. The SMILES string of the molecule is CCCC1CNCCN1S(=O)(=O)c1ccc(S(=O)(=O)NC)cc1. The number of sulfonamides is 2. The molecule has 0 aromatic heterocycles. The molecule has 130 valence electrons. The van der Waals surface area contributed by atoms with E-state index in [0.29, 0.717) is 19.6 Å². The number of piperazine rings is 1. The van der Waals surface area contributed by atoms with Gasteiger partial charge in [-0.3, -0.25) is 0 Å². The Bertz CT molecular complexity index is 728. The molecule has 1 aromatic rings. The third-order valence-electron chi connectivity index (χ3n) is 3.93. The molecule has 1 atom stereocenters. The van der Waals surface area contributed by atoms with Crippen molar-refractivity contribution >= 4 is 20.0 Å². The zero-order valence-corrected chi connectivity index (χ0v) is 15.0. The van der Waals surface area contributed by atoms with Crippen LogP contribution in [-0.2, 0) is 20.0 Å². The van der Waals surface area contributed by atoms with Crippen molar-refractivity contribution in [3.05, 3.63) is 24.3 Å². The Morgan fingerprint density at radius 3 is 2.35 bits per heavy atom. The van der Waals surface area contributed by atoms with Crippen LogP contribution in [0.1, 0.15) is 19.8 Å². The number of nitrogens with zero attached hydrogens (tertiary/aromatic N) is 1. The van der Waals surface area contributed by atoms with Gasteiger partial charge in [-0.2, -0.15) is 4.31 Å². The maximum Gasteiger partial charge on any atom is 0.243 e. The number of nitrogens with one attached hydrogen (secondary N) is 2. The summed E-state index contributed by atoms with van der Waals surface area (Å²) in [4.78, 5) is 0.167. The molecule has 1 aromatic carbocycles. The fraction of sp³-hybridized carbons (Fsp3) is 0.571. The van der Waals surface area contributed by atoms with E-state index in [1.54, 1.807) is 0 Å². The van der Waals surface area contributed by atoms with Crippen molar-refractivity contribution in [3.63, 3.8) is 0 Å². The molecule has 9 heteroatoms. The lowest BCUT2D eigenvalue weighted by Gasteiger charge is -2.35. The number of hydrogen-bond acceptors (Lipinski definition) is 5. The molecule has 0 radical (unpaired) electrons. The summed E-state index contributed by atoms with van der Waals surface area (Å²) in [6.07, 6.45) is 1.69. The molecule has 0 aliphatic carbocycles. The summed E-state index contributed by atoms with van der Waals surface area (Å²) >= 11 is 0. The van der Waals surface area contributed by atoms with E-state index >= 15 is 0 Å². The van der Waals surface area contributed by atoms with Crippen molar-refractivity contribution in [3.8, 4) is 0 Å². The second-order valence-electron chi connectivity index (χ2n) is 5.44. The van der Waals surface area contributed by atoms with Crippen molar-refractivity contribution in [2.24, 2.45) is 0 Å². The van der Waals surface area contributed by atoms with E-state index in [4.69, 9.17) is 0 Å². The van der Waals surface area contributed by atoms with Crippen LogP contribution in [0.15, 0.2) is 34.1 Å². The third-order valence-corrected chi connectivity index (χ3v) is 7.32. The highest BCUT2D eigenvalue weighted by Gasteiger charge is 2.33. The Labute approximate surface area is 138 Å². The smallest absolute Gasteiger partial charge is 0.243 e. The summed E-state index contributed by atoms with van der Waals surface area (Å²) in [6, 6.07) is 5.26. The second-order valence-corrected chi connectivity index (χ2v) is 9.22. The summed E-state index contributed by atoms with van der Waals surface area (Å²) in [5, 5.41) is 3.22. The molecule has 0 amide bonds. The van der Waals surface area contributed by atoms with Gasteiger partial charge in [-0.25, -0.2) is 21.6 Å². The van der Waals surface area contributed by atoms with E-state index < -0.39 is 20.0 Å². The third kappa shape index (κ3) is 3.92. The Kier molecular flexibility index (Phi) is 5.79. The maximum absolute atomic E-state index is 12.8. The lowest BCUT2D eigenvalue weighted by atomic mass is 10.1. The minimum absolute atomic E-state index is 0.0457. The van der Waals surface area contributed by atoms with Crippen LogP contribution in [0.3, 0.4) is 0 Å². The highest BCUT2D eigenvalue weighted by molar-refractivity contribution is 7.89. The van der Waals surface area contributed by atoms with E-state index in [0.717, 1.165) is 12.8 Å². The van der Waals surface area contributed by atoms with Gasteiger partial charge in [0.1, 0.15) is 0 Å². The molecule has 1 fully saturated rings. The van der Waals surface area contributed by atoms with Crippen molar-refractivity contribution in [2.45, 2.75) is 35.6 Å². The minimum Gasteiger partial charge on any atom is -0.314 e. The molecular formula is C14H23N3O4S2. The number of rotatable bonds is 6. The molecule has 1 aliphatic rings. The normalized spacial score (nSPS) is 20.5. The van der Waals surface area contributed by atoms with Gasteiger partial charge in [0.2, 0.25) is 20.0 Å². The van der Waals surface area contributed by atoms with Crippen LogP contribution in [0.25, 0.3) is 0 Å². The average molecular weight is 361 g/mol. The van der Waals surface area contributed by atoms with Crippen LogP contribution in [0.5, 0.6) is 0 Å². The standard InChI is InChI=1S/C14H23N3O4S2/c1-3-4-12-11-16-9-10-17(12)23(20,21)14-7-5-13(6-8-14)22(18,19)15-2/h5-8,12,15-16H,3-4,9-11H2,1-2H3. The van der Waals surface area contributed by atoms with Crippen LogP contribution < -0.4 is 10.0 Å². The lowest BCUT2D eigenvalue weighted by molar-refractivity contribution is 0.254. The molecule has 7 nitrogen and oxygen atoms in total. The predicted octanol–water partition coefficient (Wildman–Crippen LogP) is 0.357. The average Bonchev–Trinajstić information content (AvgIpc) is 2.55. The van der Waals surface area contributed by atoms with Crippen LogP contribution in [-0.4, -0.2) is 53.9 Å². The summed E-state index contributed by atoms with van der Waals surface area (Å²) in [7, 11) is -5.88. The van der Waals surface area contributed by atoms with Gasteiger partial charge >= 0.3 is 0 Å². The number of benzene rings is 1. The van der Waals surface area contributed by atoms with E-state index in [-0.39, 0.29) is 15.8 Å². The first kappa shape index (κ1) is 18.3. The largest absolute Gasteiger partial charge is 0.314 e. The van der Waals surface area contributed by atoms with Crippen molar-refractivity contribution in [2.75, 3.05) is 26.7 Å². The zero-order chi connectivity index (χ0) is 17.1. The predicted molar refractivity (Wildman–Crippen MR) is 88.1 cm³/mol. The van der Waals surface area contributed by atoms with Crippen molar-refractivity contribution in [1.29, 1.82) is 0 Å². The molecular weight excluding hydrogens is 338 g/mol. The summed E-state index contributed by atoms with van der Waals surface area (Å²) in [5.41, 5.74) is 0. The van der Waals surface area contributed by atoms with E-state index in [9.17, 15) is 16.8 Å². The topological polar surface area (TPSA) is 95.6 Å². The lowest BCUT2D eigenvalue weighted by Crippen LogP contribution is -2.53. The quantitative estimate of drug-likeness (QED) is 0.763. The fourth-order valence-corrected chi connectivity index (χ4v) is 5.07. The molecule has 2 rings (SSSR count). The summed E-state index contributed by atoms with van der Waals surface area (Å²) in [5.74, 6) is 0. The minimum atomic E-state index is -3.62. The Morgan fingerprint density at radius 1 is 1.17 bits per heavy atom. The van der Waals surface area contributed by atoms with Gasteiger partial charge in [-0.15, -0.1) is 0 Å². The van der Waals surface area contributed by atoms with Gasteiger partial charge in [-0.1, -0.05) is 13.3 Å². The Hall–Kier alpha value is -1.00. The second kappa shape index (κ2) is 7.27. The van der Waals surface area contributed by atoms with Gasteiger partial charge in [-0.05, 0) is 37.7 Å². The first-order valence-electron chi connectivity index (χ1n) is 7.59. The van der Waals surface area contributed by atoms with Gasteiger partial charge in [0.25, 0.3) is 0 Å². The van der Waals surface area contributed by atoms with Crippen LogP contribution in [0, 0.1) is 0 Å². The van der Waals surface area contributed by atoms with E-state index in [1.807, 2.05) is 6.92 Å². The molecule has 0 saturated carbocycles. The van der Waals surface area contributed by atoms with Crippen LogP contribution >= 0.6 is 0 Å². The van der Waals surface area contributed by atoms with E-state index in [2.05, 4.69) is 10.0 Å².